The van der Waals surface area contributed by atoms with Gasteiger partial charge >= 0.3 is 5.97 Å². The number of thioether (sulfide) groups is 1. The zero-order chi connectivity index (χ0) is 83.1. The molecule has 2 aromatic heterocycles. The maximum Gasteiger partial charge on any atom is 0.305 e. The number of amides is 13. The first kappa shape index (κ1) is 89.5. The number of unbranched alkanes of at least 4 members (excludes halogenated alkanes) is 2. The fourth-order valence-electron chi connectivity index (χ4n) is 13.0. The van der Waals surface area contributed by atoms with Gasteiger partial charge in [-0.3, -0.25) is 72.5 Å². The molecular weight excluding hydrogens is 1490 g/mol. The van der Waals surface area contributed by atoms with Crippen molar-refractivity contribution in [2.24, 2.45) is 29.0 Å². The van der Waals surface area contributed by atoms with Gasteiger partial charge in [0, 0.05) is 65.8 Å². The zero-order valence-electron chi connectivity index (χ0n) is 64.5. The summed E-state index contributed by atoms with van der Waals surface area (Å²) in [5.74, 6) is -16.6. The third-order valence-corrected chi connectivity index (χ3v) is 20.6. The summed E-state index contributed by atoms with van der Waals surface area (Å²) >= 11 is 0.864. The SMILES string of the molecule is CCCC[C@@H]1NC(=O)[C@H](Cc2c[nH]c3ccccc23)NC(=O)[C@H](CC(=O)O)NC(=O)[C@H](CCCNC(=N)N)NC(=O)CNC(=O)[C@H](CO)NC(=O)[C@H]([C@@H](C)CC)NC(=O)[C@H](Cc2ccc3ccccc3c2)NC(=O)CSC[C@@H](C(N)=O)NC(=O)[C@H](C(C)C)NC(=O)[C@@H](Cc2c[nH]c3ccccc23)NC(=O)[C@H](CCCCN)NC1=O. The number of nitrogens with one attached hydrogen (secondary N) is 16. The van der Waals surface area contributed by atoms with Crippen molar-refractivity contribution in [1.29, 1.82) is 5.41 Å². The van der Waals surface area contributed by atoms with Gasteiger partial charge in [-0.05, 0) is 96.5 Å². The molecule has 0 bridgehead atoms. The zero-order valence-corrected chi connectivity index (χ0v) is 65.3. The highest BCUT2D eigenvalue weighted by atomic mass is 32.2. The summed E-state index contributed by atoms with van der Waals surface area (Å²) in [6, 6.07) is 9.88. The number of para-hydroxylation sites is 2. The predicted molar refractivity (Wildman–Crippen MR) is 428 cm³/mol. The fraction of sp³-hybridized carbons (Fsp3) is 0.474. The van der Waals surface area contributed by atoms with E-state index in [0.29, 0.717) is 57.8 Å². The summed E-state index contributed by atoms with van der Waals surface area (Å²) in [5.41, 5.74) is 20.3. The van der Waals surface area contributed by atoms with Crippen LogP contribution in [0.2, 0.25) is 0 Å². The van der Waals surface area contributed by atoms with Crippen molar-refractivity contribution in [2.75, 3.05) is 37.7 Å². The number of carboxylic acids is 1. The van der Waals surface area contributed by atoms with E-state index >= 15 is 14.4 Å². The molecule has 0 radical (unpaired) electrons. The van der Waals surface area contributed by atoms with Crippen molar-refractivity contribution in [3.63, 3.8) is 0 Å². The van der Waals surface area contributed by atoms with Gasteiger partial charge < -0.3 is 107 Å². The number of aliphatic hydroxyl groups excluding tert-OH is 1. The van der Waals surface area contributed by atoms with E-state index in [-0.39, 0.29) is 76.6 Å². The molecule has 4 aromatic carbocycles. The number of aromatic amines is 2. The topological polar surface area (TPSA) is 569 Å². The molecule has 35 nitrogen and oxygen atoms in total. The van der Waals surface area contributed by atoms with Crippen LogP contribution in [-0.4, -0.2) is 213 Å². The Morgan fingerprint density at radius 1 is 0.526 bits per heavy atom. The molecule has 1 aliphatic heterocycles. The number of fused-ring (bicyclic) bond motifs is 3. The summed E-state index contributed by atoms with van der Waals surface area (Å²) in [4.78, 5) is 207. The number of carboxylic acid groups (broad SMARTS) is 1. The molecule has 1 saturated heterocycles. The number of aromatic nitrogens is 2. The number of carbonyl (C=O) groups is 14. The Hall–Kier alpha value is -11.7. The van der Waals surface area contributed by atoms with E-state index in [9.17, 15) is 63.0 Å². The molecule has 0 unspecified atom stereocenters. The molecule has 1 fully saturated rings. The quantitative estimate of drug-likeness (QED) is 0.0202. The molecule has 13 amide bonds. The maximum atomic E-state index is 15.1. The van der Waals surface area contributed by atoms with Gasteiger partial charge in [0.1, 0.15) is 66.5 Å². The lowest BCUT2D eigenvalue weighted by molar-refractivity contribution is -0.141. The van der Waals surface area contributed by atoms with Crippen LogP contribution in [0.15, 0.2) is 103 Å². The number of carbonyl (C=O) groups excluding carboxylic acids is 13. The largest absolute Gasteiger partial charge is 0.481 e. The third-order valence-electron chi connectivity index (χ3n) is 19.5. The van der Waals surface area contributed by atoms with E-state index in [2.05, 4.69) is 79.1 Å². The number of rotatable bonds is 24. The molecule has 3 heterocycles. The van der Waals surface area contributed by atoms with Crippen molar-refractivity contribution >= 4 is 133 Å². The van der Waals surface area contributed by atoms with Gasteiger partial charge in [-0.2, -0.15) is 0 Å². The average molecular weight is 1600 g/mol. The number of hydrogen-bond acceptors (Lipinski definition) is 18. The molecular formula is C78H107N19O16S. The highest BCUT2D eigenvalue weighted by Crippen LogP contribution is 2.24. The molecule has 36 heteroatoms. The van der Waals surface area contributed by atoms with Crippen LogP contribution in [0.25, 0.3) is 32.6 Å². The lowest BCUT2D eigenvalue weighted by Gasteiger charge is -2.29. The van der Waals surface area contributed by atoms with Gasteiger partial charge in [0.2, 0.25) is 76.8 Å². The normalized spacial score (nSPS) is 22.9. The molecule has 7 rings (SSSR count). The molecule has 0 aliphatic carbocycles. The Morgan fingerprint density at radius 2 is 1.01 bits per heavy atom. The highest BCUT2D eigenvalue weighted by Gasteiger charge is 2.39. The van der Waals surface area contributed by atoms with Crippen LogP contribution in [0.5, 0.6) is 0 Å². The Kier molecular flexibility index (Phi) is 35.0. The Bertz CT molecular complexity index is 4400. The molecule has 114 heavy (non-hydrogen) atoms. The van der Waals surface area contributed by atoms with Crippen LogP contribution >= 0.6 is 11.8 Å². The van der Waals surface area contributed by atoms with Crippen LogP contribution < -0.4 is 86.3 Å². The predicted octanol–water partition coefficient (Wildman–Crippen LogP) is -0.737. The van der Waals surface area contributed by atoms with Gasteiger partial charge in [-0.25, -0.2) is 0 Å². The standard InChI is InChI=1S/C78H107N19O16S/c1-6-8-22-54-70(106)89-55(25-15-16-29-79)71(107)91-58(34-48-37-85-52-24-14-12-21-50(48)52)75(111)96-65(42(3)4)76(112)95-61(67(80)103)40-114-41-63(100)88-56(32-44-27-28-45-18-9-10-19-46(45)31-44)74(110)97-66(43(5)7-2)77(113)94-60(39-98)68(104)86-38-62(99)87-53(26-17-30-83-78(81)82)69(105)93-59(35-64(101)102)73(109)92-57(72(108)90-54)33-47-36-84-51-23-13-11-20-49(47)51/h9-14,18-21,23-24,27-28,31,36-37,42-43,53-61,65-66,84-85,98H,6-8,15-17,22,25-26,29-30,32-35,38-41,79H2,1-5H3,(H2,80,103)(H,86,104)(H,87,99)(H,88,100)(H,89,106)(H,90,108)(H,91,107)(H,92,109)(H,93,105)(H,94,113)(H,95,112)(H,96,111)(H,97,110)(H,101,102)(H4,81,82,83)/t43-,53-,54-,55-,56-,57-,58+,59-,60-,61-,65-,66-/m0/s1. The third kappa shape index (κ3) is 27.0. The summed E-state index contributed by atoms with van der Waals surface area (Å²) in [7, 11) is 0. The average Bonchev–Trinajstić information content (AvgIpc) is 1.62. The van der Waals surface area contributed by atoms with Gasteiger partial charge in [-0.1, -0.05) is 133 Å². The second-order valence-corrected chi connectivity index (χ2v) is 29.6. The lowest BCUT2D eigenvalue weighted by Crippen LogP contribution is -2.61. The number of H-pyrrole nitrogens is 2. The molecule has 24 N–H and O–H groups in total. The number of aliphatic carboxylic acids is 1. The first-order valence-electron chi connectivity index (χ1n) is 38.2. The Morgan fingerprint density at radius 3 is 1.56 bits per heavy atom. The van der Waals surface area contributed by atoms with Crippen LogP contribution in [0.3, 0.4) is 0 Å². The van der Waals surface area contributed by atoms with Gasteiger partial charge in [-0.15, -0.1) is 11.8 Å². The first-order valence-corrected chi connectivity index (χ1v) is 39.3. The minimum absolute atomic E-state index is 0.00315. The minimum atomic E-state index is -1.99. The lowest BCUT2D eigenvalue weighted by atomic mass is 9.96. The summed E-state index contributed by atoms with van der Waals surface area (Å²) in [6.07, 6.45) is 2.91. The Labute approximate surface area is 663 Å². The van der Waals surface area contributed by atoms with Gasteiger partial charge in [0.25, 0.3) is 0 Å². The fourth-order valence-corrected chi connectivity index (χ4v) is 13.8. The summed E-state index contributed by atoms with van der Waals surface area (Å²) in [5, 5.41) is 65.3. The number of hydrogen-bond donors (Lipinski definition) is 21. The van der Waals surface area contributed by atoms with E-state index in [1.807, 2.05) is 43.3 Å². The van der Waals surface area contributed by atoms with Crippen LogP contribution in [0, 0.1) is 17.2 Å². The summed E-state index contributed by atoms with van der Waals surface area (Å²) < 4.78 is 0. The van der Waals surface area contributed by atoms with E-state index in [0.717, 1.165) is 22.5 Å². The molecule has 0 saturated carbocycles. The van der Waals surface area contributed by atoms with E-state index in [1.165, 1.54) is 0 Å². The number of aliphatic hydroxyl groups is 1. The number of guanidine groups is 1. The minimum Gasteiger partial charge on any atom is -0.481 e. The van der Waals surface area contributed by atoms with Crippen molar-refractivity contribution in [3.8, 4) is 0 Å². The molecule has 1 aliphatic rings. The molecule has 6 aromatic rings. The monoisotopic (exact) mass is 1600 g/mol. The Balaban J connectivity index is 1.27. The smallest absolute Gasteiger partial charge is 0.305 e. The second-order valence-electron chi connectivity index (χ2n) is 28.6. The van der Waals surface area contributed by atoms with E-state index in [1.54, 1.807) is 94.7 Å². The first-order chi connectivity index (χ1) is 54.5. The van der Waals surface area contributed by atoms with E-state index < -0.39 is 192 Å². The van der Waals surface area contributed by atoms with Crippen LogP contribution in [-0.2, 0) is 86.4 Å². The van der Waals surface area contributed by atoms with Crippen molar-refractivity contribution in [1.82, 2.24) is 79.1 Å². The van der Waals surface area contributed by atoms with E-state index in [4.69, 9.17) is 22.6 Å². The molecule has 0 spiro atoms. The number of nitrogens with two attached hydrogens (primary N) is 3. The summed E-state index contributed by atoms with van der Waals surface area (Å²) in [6.45, 7) is 6.61. The number of primary amides is 1. The van der Waals surface area contributed by atoms with Gasteiger partial charge in [0.15, 0.2) is 5.96 Å². The van der Waals surface area contributed by atoms with Crippen molar-refractivity contribution < 1.29 is 77.3 Å². The van der Waals surface area contributed by atoms with Crippen LogP contribution in [0.1, 0.15) is 116 Å². The van der Waals surface area contributed by atoms with Crippen molar-refractivity contribution in [2.45, 2.75) is 185 Å². The molecule has 616 valence electrons. The highest BCUT2D eigenvalue weighted by molar-refractivity contribution is 8.00. The number of benzene rings is 4. The van der Waals surface area contributed by atoms with Crippen LogP contribution in [0.4, 0.5) is 0 Å². The van der Waals surface area contributed by atoms with Gasteiger partial charge in [0.05, 0.1) is 25.3 Å². The maximum absolute atomic E-state index is 15.1. The van der Waals surface area contributed by atoms with Crippen molar-refractivity contribution in [3.05, 3.63) is 120 Å². The second kappa shape index (κ2) is 44.5. The molecule has 12 atom stereocenters.